The number of carbonyl (C=O) groups is 2. The molecule has 0 radical (unpaired) electrons. The quantitative estimate of drug-likeness (QED) is 0.551. The van der Waals surface area contributed by atoms with Crippen molar-refractivity contribution in [3.63, 3.8) is 0 Å². The molecule has 0 aromatic carbocycles. The van der Waals surface area contributed by atoms with Crippen molar-refractivity contribution in [3.8, 4) is 0 Å². The Morgan fingerprint density at radius 3 is 2.14 bits per heavy atom. The Morgan fingerprint density at radius 1 is 1.07 bits per heavy atom. The summed E-state index contributed by atoms with van der Waals surface area (Å²) in [6, 6.07) is -0.191. The first kappa shape index (κ1) is 12.7. The second-order valence-corrected chi connectivity index (χ2v) is 3.51. The lowest BCUT2D eigenvalue weighted by molar-refractivity contribution is -0.118. The van der Waals surface area contributed by atoms with Gasteiger partial charge < -0.3 is 16.0 Å². The van der Waals surface area contributed by atoms with Gasteiger partial charge in [-0.05, 0) is 5.92 Å². The molecule has 0 atom stereocenters. The lowest BCUT2D eigenvalue weighted by Crippen LogP contribution is -2.41. The molecule has 0 saturated heterocycles. The zero-order valence-electron chi connectivity index (χ0n) is 9.02. The maximum absolute atomic E-state index is 11.1. The highest BCUT2D eigenvalue weighted by Crippen LogP contribution is 1.85. The van der Waals surface area contributed by atoms with Gasteiger partial charge in [0.2, 0.25) is 5.91 Å². The van der Waals surface area contributed by atoms with Crippen molar-refractivity contribution in [2.75, 3.05) is 19.6 Å². The van der Waals surface area contributed by atoms with Gasteiger partial charge in [-0.15, -0.1) is 0 Å². The second-order valence-electron chi connectivity index (χ2n) is 3.51. The highest BCUT2D eigenvalue weighted by atomic mass is 16.2. The number of hydrogen-bond donors (Lipinski definition) is 3. The van der Waals surface area contributed by atoms with Crippen molar-refractivity contribution >= 4 is 11.9 Å². The lowest BCUT2D eigenvalue weighted by atomic mass is 10.2. The van der Waals surface area contributed by atoms with Crippen molar-refractivity contribution in [1.82, 2.24) is 16.0 Å². The Kier molecular flexibility index (Phi) is 6.53. The molecule has 3 amide bonds. The monoisotopic (exact) mass is 201 g/mol. The average molecular weight is 201 g/mol. The van der Waals surface area contributed by atoms with Crippen LogP contribution in [0, 0.1) is 5.92 Å². The molecule has 0 aliphatic carbocycles. The molecule has 0 aliphatic rings. The van der Waals surface area contributed by atoms with Crippen LogP contribution in [0.3, 0.4) is 0 Å². The van der Waals surface area contributed by atoms with E-state index in [0.29, 0.717) is 25.6 Å². The number of urea groups is 1. The van der Waals surface area contributed by atoms with Gasteiger partial charge in [0.1, 0.15) is 0 Å². The molecule has 0 bridgehead atoms. The van der Waals surface area contributed by atoms with Gasteiger partial charge in [-0.25, -0.2) is 4.79 Å². The van der Waals surface area contributed by atoms with Gasteiger partial charge in [0.05, 0.1) is 0 Å². The van der Waals surface area contributed by atoms with Crippen LogP contribution in [0.5, 0.6) is 0 Å². The minimum Gasteiger partial charge on any atom is -0.355 e. The predicted octanol–water partition coefficient (Wildman–Crippen LogP) is 0.0777. The summed E-state index contributed by atoms with van der Waals surface area (Å²) in [5, 5.41) is 7.92. The second kappa shape index (κ2) is 7.17. The van der Waals surface area contributed by atoms with E-state index in [4.69, 9.17) is 0 Å². The lowest BCUT2D eigenvalue weighted by Gasteiger charge is -2.09. The molecule has 14 heavy (non-hydrogen) atoms. The van der Waals surface area contributed by atoms with Gasteiger partial charge in [-0.1, -0.05) is 13.8 Å². The molecule has 82 valence electrons. The summed E-state index contributed by atoms with van der Waals surface area (Å²) in [6.45, 7) is 7.06. The molecule has 0 saturated carbocycles. The number of carbonyl (C=O) groups excluding carboxylic acids is 2. The van der Waals surface area contributed by atoms with E-state index in [1.165, 1.54) is 6.92 Å². The molecule has 0 fully saturated rings. The maximum atomic E-state index is 11.1. The van der Waals surface area contributed by atoms with Crippen LogP contribution in [0.15, 0.2) is 0 Å². The molecular formula is C9H19N3O2. The Hall–Kier alpha value is -1.26. The zero-order chi connectivity index (χ0) is 11.0. The molecule has 0 heterocycles. The van der Waals surface area contributed by atoms with Gasteiger partial charge in [0, 0.05) is 26.6 Å². The van der Waals surface area contributed by atoms with Gasteiger partial charge in [0.15, 0.2) is 0 Å². The normalized spacial score (nSPS) is 9.71. The van der Waals surface area contributed by atoms with E-state index in [-0.39, 0.29) is 11.9 Å². The standard InChI is InChI=1S/C9H19N3O2/c1-7(2)6-12-9(14)11-5-4-10-8(3)13/h7H,4-6H2,1-3H3,(H,10,13)(H2,11,12,14). The summed E-state index contributed by atoms with van der Waals surface area (Å²) >= 11 is 0. The van der Waals surface area contributed by atoms with Crippen molar-refractivity contribution in [2.24, 2.45) is 5.92 Å². The van der Waals surface area contributed by atoms with E-state index in [2.05, 4.69) is 16.0 Å². The number of amides is 3. The number of hydrogen-bond acceptors (Lipinski definition) is 2. The fraction of sp³-hybridized carbons (Fsp3) is 0.778. The van der Waals surface area contributed by atoms with Crippen molar-refractivity contribution < 1.29 is 9.59 Å². The third-order valence-corrected chi connectivity index (χ3v) is 1.46. The first-order valence-corrected chi connectivity index (χ1v) is 4.78. The maximum Gasteiger partial charge on any atom is 0.314 e. The van der Waals surface area contributed by atoms with Gasteiger partial charge >= 0.3 is 6.03 Å². The fourth-order valence-corrected chi connectivity index (χ4v) is 0.774. The van der Waals surface area contributed by atoms with Crippen LogP contribution in [0.1, 0.15) is 20.8 Å². The Balaban J connectivity index is 3.31. The fourth-order valence-electron chi connectivity index (χ4n) is 0.774. The molecular weight excluding hydrogens is 182 g/mol. The van der Waals surface area contributed by atoms with Crippen molar-refractivity contribution in [2.45, 2.75) is 20.8 Å². The SMILES string of the molecule is CC(=O)NCCNC(=O)NCC(C)C. The highest BCUT2D eigenvalue weighted by molar-refractivity contribution is 5.74. The number of nitrogens with one attached hydrogen (secondary N) is 3. The molecule has 0 aliphatic heterocycles. The molecule has 0 aromatic rings. The summed E-state index contributed by atoms with van der Waals surface area (Å²) in [6.07, 6.45) is 0. The Labute approximate surface area is 84.6 Å². The van der Waals surface area contributed by atoms with Crippen LogP contribution in [0.25, 0.3) is 0 Å². The predicted molar refractivity (Wildman–Crippen MR) is 54.9 cm³/mol. The largest absolute Gasteiger partial charge is 0.355 e. The smallest absolute Gasteiger partial charge is 0.314 e. The van der Waals surface area contributed by atoms with Crippen molar-refractivity contribution in [1.29, 1.82) is 0 Å². The van der Waals surface area contributed by atoms with E-state index in [1.807, 2.05) is 13.8 Å². The van der Waals surface area contributed by atoms with E-state index >= 15 is 0 Å². The van der Waals surface area contributed by atoms with Gasteiger partial charge in [-0.3, -0.25) is 4.79 Å². The van der Waals surface area contributed by atoms with E-state index in [1.54, 1.807) is 0 Å². The Morgan fingerprint density at radius 2 is 1.64 bits per heavy atom. The first-order chi connectivity index (χ1) is 6.52. The van der Waals surface area contributed by atoms with E-state index in [0.717, 1.165) is 0 Å². The summed E-state index contributed by atoms with van der Waals surface area (Å²) < 4.78 is 0. The van der Waals surface area contributed by atoms with Gasteiger partial charge in [-0.2, -0.15) is 0 Å². The summed E-state index contributed by atoms with van der Waals surface area (Å²) in [5.41, 5.74) is 0. The minimum absolute atomic E-state index is 0.0885. The third-order valence-electron chi connectivity index (χ3n) is 1.46. The summed E-state index contributed by atoms with van der Waals surface area (Å²) in [5.74, 6) is 0.352. The molecule has 3 N–H and O–H groups in total. The zero-order valence-corrected chi connectivity index (χ0v) is 9.02. The van der Waals surface area contributed by atoms with E-state index in [9.17, 15) is 9.59 Å². The topological polar surface area (TPSA) is 70.2 Å². The third kappa shape index (κ3) is 8.83. The van der Waals surface area contributed by atoms with Crippen LogP contribution in [-0.4, -0.2) is 31.6 Å². The minimum atomic E-state index is -0.191. The van der Waals surface area contributed by atoms with Crippen LogP contribution >= 0.6 is 0 Å². The molecule has 0 rings (SSSR count). The van der Waals surface area contributed by atoms with Gasteiger partial charge in [0.25, 0.3) is 0 Å². The van der Waals surface area contributed by atoms with Crippen molar-refractivity contribution in [3.05, 3.63) is 0 Å². The Bertz CT molecular complexity index is 192. The number of rotatable bonds is 5. The van der Waals surface area contributed by atoms with Crippen LogP contribution in [-0.2, 0) is 4.79 Å². The molecule has 5 heteroatoms. The molecule has 0 unspecified atom stereocenters. The van der Waals surface area contributed by atoms with Crippen LogP contribution in [0.4, 0.5) is 4.79 Å². The summed E-state index contributed by atoms with van der Waals surface area (Å²) in [7, 11) is 0. The highest BCUT2D eigenvalue weighted by Gasteiger charge is 1.99. The first-order valence-electron chi connectivity index (χ1n) is 4.78. The average Bonchev–Trinajstić information content (AvgIpc) is 2.08. The molecule has 5 nitrogen and oxygen atoms in total. The summed E-state index contributed by atoms with van der Waals surface area (Å²) in [4.78, 5) is 21.5. The molecule has 0 aromatic heterocycles. The van der Waals surface area contributed by atoms with E-state index < -0.39 is 0 Å². The van der Waals surface area contributed by atoms with Crippen LogP contribution in [0.2, 0.25) is 0 Å². The molecule has 0 spiro atoms. The van der Waals surface area contributed by atoms with Crippen LogP contribution < -0.4 is 16.0 Å².